The van der Waals surface area contributed by atoms with Crippen molar-refractivity contribution >= 4 is 5.97 Å². The minimum Gasteiger partial charge on any atom is -0.462 e. The zero-order valence-corrected chi connectivity index (χ0v) is 29.5. The highest BCUT2D eigenvalue weighted by Crippen LogP contribution is 2.89. The van der Waals surface area contributed by atoms with E-state index in [0.29, 0.717) is 18.3 Å². The van der Waals surface area contributed by atoms with Crippen molar-refractivity contribution in [2.24, 2.45) is 50.7 Å². The van der Waals surface area contributed by atoms with Crippen LogP contribution in [-0.2, 0) is 33.2 Å². The predicted octanol–water partition coefficient (Wildman–Crippen LogP) is 3.03. The van der Waals surface area contributed by atoms with E-state index in [9.17, 15) is 25.2 Å². The van der Waals surface area contributed by atoms with Gasteiger partial charge < -0.3 is 48.8 Å². The van der Waals surface area contributed by atoms with Crippen molar-refractivity contribution in [3.63, 3.8) is 0 Å². The van der Waals surface area contributed by atoms with Crippen molar-refractivity contribution in [2.75, 3.05) is 6.61 Å². The van der Waals surface area contributed by atoms with E-state index in [0.717, 1.165) is 44.9 Å². The van der Waals surface area contributed by atoms with Gasteiger partial charge in [0.05, 0.1) is 18.8 Å². The summed E-state index contributed by atoms with van der Waals surface area (Å²) in [4.78, 5) is 12.9. The Morgan fingerprint density at radius 2 is 1.56 bits per heavy atom. The molecule has 5 saturated carbocycles. The summed E-state index contributed by atoms with van der Waals surface area (Å²) in [6, 6.07) is 0. The zero-order chi connectivity index (χ0) is 34.2. The second-order valence-corrected chi connectivity index (χ2v) is 18.9. The third-order valence-electron chi connectivity index (χ3n) is 16.8. The molecule has 4 heterocycles. The van der Waals surface area contributed by atoms with Crippen molar-refractivity contribution in [3.8, 4) is 0 Å². The number of ether oxygens (including phenoxy) is 6. The van der Waals surface area contributed by atoms with Gasteiger partial charge in [-0.1, -0.05) is 34.6 Å². The molecule has 0 radical (unpaired) electrons. The quantitative estimate of drug-likeness (QED) is 0.198. The molecular formula is C37H56O11. The van der Waals surface area contributed by atoms with Gasteiger partial charge in [-0.3, -0.25) is 4.79 Å². The Kier molecular flexibility index (Phi) is 6.70. The van der Waals surface area contributed by atoms with Gasteiger partial charge in [-0.15, -0.1) is 0 Å². The molecule has 48 heavy (non-hydrogen) atoms. The Balaban J connectivity index is 1.03. The van der Waals surface area contributed by atoms with Crippen LogP contribution in [0.15, 0.2) is 0 Å². The average Bonchev–Trinajstić information content (AvgIpc) is 3.84. The van der Waals surface area contributed by atoms with Gasteiger partial charge in [0.25, 0.3) is 0 Å². The second kappa shape index (κ2) is 9.75. The van der Waals surface area contributed by atoms with Crippen LogP contribution in [-0.4, -0.2) is 99.7 Å². The lowest BCUT2D eigenvalue weighted by molar-refractivity contribution is -0.346. The van der Waals surface area contributed by atoms with E-state index in [1.807, 2.05) is 6.92 Å². The number of hydrogen-bond donors (Lipinski definition) is 4. The van der Waals surface area contributed by atoms with Crippen LogP contribution in [0, 0.1) is 50.7 Å². The highest BCUT2D eigenvalue weighted by molar-refractivity contribution is 5.66. The Morgan fingerprint density at radius 3 is 2.23 bits per heavy atom. The summed E-state index contributed by atoms with van der Waals surface area (Å²) in [5.41, 5.74) is -1.23. The largest absolute Gasteiger partial charge is 0.462 e. The lowest BCUT2D eigenvalue weighted by Gasteiger charge is -2.65. The van der Waals surface area contributed by atoms with Crippen LogP contribution < -0.4 is 0 Å². The van der Waals surface area contributed by atoms with E-state index in [4.69, 9.17) is 28.4 Å². The molecule has 270 valence electrons. The molecule has 0 bridgehead atoms. The topological polar surface area (TPSA) is 157 Å². The number of aliphatic hydroxyl groups is 4. The number of rotatable bonds is 3. The molecule has 19 atom stereocenters. The van der Waals surface area contributed by atoms with E-state index in [1.165, 1.54) is 0 Å². The van der Waals surface area contributed by atoms with Crippen LogP contribution >= 0.6 is 0 Å². The molecular weight excluding hydrogens is 620 g/mol. The molecule has 4 saturated heterocycles. The highest BCUT2D eigenvalue weighted by Gasteiger charge is 2.87. The minimum atomic E-state index is -1.31. The van der Waals surface area contributed by atoms with Crippen LogP contribution in [0.25, 0.3) is 0 Å². The molecule has 11 heteroatoms. The third kappa shape index (κ3) is 3.74. The molecule has 0 aromatic heterocycles. The fourth-order valence-corrected chi connectivity index (χ4v) is 14.6. The number of epoxide rings is 1. The second-order valence-electron chi connectivity index (χ2n) is 18.9. The maximum Gasteiger partial charge on any atom is 0.302 e. The van der Waals surface area contributed by atoms with Gasteiger partial charge in [-0.25, -0.2) is 0 Å². The van der Waals surface area contributed by atoms with E-state index in [1.54, 1.807) is 6.92 Å². The summed E-state index contributed by atoms with van der Waals surface area (Å²) in [6.07, 6.45) is 0.880. The van der Waals surface area contributed by atoms with Gasteiger partial charge in [-0.05, 0) is 97.2 Å². The minimum absolute atomic E-state index is 0.0420. The zero-order valence-electron chi connectivity index (χ0n) is 29.5. The first-order valence-corrected chi connectivity index (χ1v) is 18.6. The molecule has 3 spiro atoms. The fraction of sp³-hybridized carbons (Fsp3) is 0.973. The maximum absolute atomic E-state index is 12.9. The normalized spacial score (nSPS) is 63.3. The number of carbonyl (C=O) groups excluding carboxylic acids is 1. The summed E-state index contributed by atoms with van der Waals surface area (Å²) < 4.78 is 37.9. The standard InChI is InChI=1S/C37H56O11/c1-17-12-37(29-34(7,47-29)30(42)48-37)46-20-13-32(5)22-9-8-21-31(3,4)23(45-28-27(41)26(40)19(39)15-43-28)10-11-35(21)16-36(22,35)14-24(44-18(2)38)33(32,6)25(17)20/h17,19-30,39-42H,8-16H2,1-7H3/t17-,19-,20+,21+,22+,23+,24-,25+,26+,27-,28+,29-,30+,32+,33-,34-,35-,36+,37-/m1/s1. The Labute approximate surface area is 283 Å². The maximum atomic E-state index is 12.9. The van der Waals surface area contributed by atoms with Crippen LogP contribution in [0.2, 0.25) is 0 Å². The molecule has 11 nitrogen and oxygen atoms in total. The van der Waals surface area contributed by atoms with Crippen molar-refractivity contribution in [3.05, 3.63) is 0 Å². The summed E-state index contributed by atoms with van der Waals surface area (Å²) in [5, 5.41) is 41.7. The van der Waals surface area contributed by atoms with Crippen molar-refractivity contribution in [1.29, 1.82) is 0 Å². The van der Waals surface area contributed by atoms with Crippen LogP contribution in [0.3, 0.4) is 0 Å². The van der Waals surface area contributed by atoms with E-state index in [-0.39, 0.29) is 75.9 Å². The molecule has 0 aromatic rings. The number of carbonyl (C=O) groups is 1. The van der Waals surface area contributed by atoms with Crippen LogP contribution in [0.5, 0.6) is 0 Å². The molecule has 4 N–H and O–H groups in total. The first kappa shape index (κ1) is 33.0. The molecule has 9 rings (SSSR count). The summed E-state index contributed by atoms with van der Waals surface area (Å²) in [6.45, 7) is 15.1. The number of fused-ring (bicyclic) bond motifs is 6. The average molecular weight is 677 g/mol. The molecule has 0 amide bonds. The molecule has 4 aliphatic heterocycles. The highest BCUT2D eigenvalue weighted by atomic mass is 16.8. The summed E-state index contributed by atoms with van der Waals surface area (Å²) in [7, 11) is 0. The lowest BCUT2D eigenvalue weighted by Crippen LogP contribution is -2.64. The van der Waals surface area contributed by atoms with Gasteiger partial charge in [-0.2, -0.15) is 0 Å². The Bertz CT molecular complexity index is 1390. The van der Waals surface area contributed by atoms with Crippen LogP contribution in [0.4, 0.5) is 0 Å². The van der Waals surface area contributed by atoms with Gasteiger partial charge in [0, 0.05) is 18.8 Å². The number of esters is 1. The monoisotopic (exact) mass is 676 g/mol. The lowest BCUT2D eigenvalue weighted by atomic mass is 9.41. The smallest absolute Gasteiger partial charge is 0.302 e. The Morgan fingerprint density at radius 1 is 0.833 bits per heavy atom. The molecule has 9 aliphatic rings. The van der Waals surface area contributed by atoms with E-state index < -0.39 is 42.3 Å². The summed E-state index contributed by atoms with van der Waals surface area (Å²) in [5.74, 6) is 0.0295. The molecule has 5 aliphatic carbocycles. The van der Waals surface area contributed by atoms with Gasteiger partial charge in [0.1, 0.15) is 36.1 Å². The first-order chi connectivity index (χ1) is 22.4. The van der Waals surface area contributed by atoms with E-state index >= 15 is 0 Å². The van der Waals surface area contributed by atoms with Gasteiger partial charge >= 0.3 is 5.97 Å². The number of aliphatic hydroxyl groups excluding tert-OH is 4. The SMILES string of the molecule is CC(=O)O[C@@H]1C[C@@]23C[C@@]24CC[C@H](O[C@@H]2OC[C@@H](O)[C@H](O)[C@H]2O)C(C)(C)[C@@H]4CC[C@H]3[C@]2(C)C[C@@H]3O[C@]4(C[C@@H](C)[C@@H]3[C@@]12C)O[C@H](O)[C@]1(C)O[C@@H]41. The Hall–Kier alpha value is -0.890. The third-order valence-corrected chi connectivity index (χ3v) is 16.8. The van der Waals surface area contributed by atoms with Crippen molar-refractivity contribution in [1.82, 2.24) is 0 Å². The first-order valence-electron chi connectivity index (χ1n) is 18.6. The molecule has 0 unspecified atom stereocenters. The fourth-order valence-electron chi connectivity index (χ4n) is 14.6. The number of hydrogen-bond acceptors (Lipinski definition) is 11. The van der Waals surface area contributed by atoms with Crippen LogP contribution in [0.1, 0.15) is 99.8 Å². The predicted molar refractivity (Wildman–Crippen MR) is 168 cm³/mol. The van der Waals surface area contributed by atoms with Gasteiger partial charge in [0.2, 0.25) is 5.79 Å². The summed E-state index contributed by atoms with van der Waals surface area (Å²) >= 11 is 0. The van der Waals surface area contributed by atoms with Crippen molar-refractivity contribution in [2.45, 2.75) is 167 Å². The molecule has 9 fully saturated rings. The van der Waals surface area contributed by atoms with E-state index in [2.05, 4.69) is 34.6 Å². The van der Waals surface area contributed by atoms with Crippen molar-refractivity contribution < 1.29 is 53.6 Å². The molecule has 0 aromatic carbocycles. The van der Waals surface area contributed by atoms with Gasteiger partial charge in [0.15, 0.2) is 12.6 Å².